The monoisotopic (exact) mass is 482 g/mol. The van der Waals surface area contributed by atoms with Gasteiger partial charge in [0.1, 0.15) is 12.4 Å². The Balaban J connectivity index is 1.71. The first kappa shape index (κ1) is 24.7. The molecule has 0 atom stereocenters. The first-order valence-electron chi connectivity index (χ1n) is 10.6. The fourth-order valence-electron chi connectivity index (χ4n) is 3.21. The van der Waals surface area contributed by atoms with Gasteiger partial charge in [-0.2, -0.15) is 0 Å². The summed E-state index contributed by atoms with van der Waals surface area (Å²) < 4.78 is 13.3. The van der Waals surface area contributed by atoms with Crippen LogP contribution in [0.3, 0.4) is 0 Å². The molecule has 0 unspecified atom stereocenters. The number of thiophene rings is 1. The molecule has 0 bridgehead atoms. The Morgan fingerprint density at radius 2 is 1.73 bits per heavy atom. The quantitative estimate of drug-likeness (QED) is 0.266. The van der Waals surface area contributed by atoms with Crippen LogP contribution in [0.25, 0.3) is 0 Å². The summed E-state index contributed by atoms with van der Waals surface area (Å²) in [6.07, 6.45) is 1.63. The van der Waals surface area contributed by atoms with Gasteiger partial charge in [-0.15, -0.1) is 29.7 Å². The maximum absolute atomic E-state index is 13.3. The summed E-state index contributed by atoms with van der Waals surface area (Å²) in [5.74, 6) is -0.352. The Kier molecular flexibility index (Phi) is 9.27. The van der Waals surface area contributed by atoms with Gasteiger partial charge in [-0.05, 0) is 53.8 Å². The van der Waals surface area contributed by atoms with Crippen molar-refractivity contribution in [1.82, 2.24) is 9.80 Å². The standard InChI is InChI=1S/C26H27FN2O2S2/c1-3-14-28(26(31)19-33-23-7-5-4-6-8-23)18-25(30)29(17-24-20(2)13-15-32-24)16-21-9-11-22(27)12-10-21/h3-13,15H,1,14,16-19H2,2H3. The van der Waals surface area contributed by atoms with E-state index in [2.05, 4.69) is 6.58 Å². The summed E-state index contributed by atoms with van der Waals surface area (Å²) in [6, 6.07) is 17.9. The molecule has 0 saturated carbocycles. The molecule has 4 nitrogen and oxygen atoms in total. The number of carbonyl (C=O) groups excluding carboxylic acids is 2. The van der Waals surface area contributed by atoms with Gasteiger partial charge in [0.25, 0.3) is 0 Å². The third-order valence-corrected chi connectivity index (χ3v) is 7.08. The van der Waals surface area contributed by atoms with Crippen molar-refractivity contribution >= 4 is 34.9 Å². The number of aryl methyl sites for hydroxylation is 1. The van der Waals surface area contributed by atoms with Crippen molar-refractivity contribution in [3.8, 4) is 0 Å². The summed E-state index contributed by atoms with van der Waals surface area (Å²) >= 11 is 3.04. The first-order chi connectivity index (χ1) is 16.0. The second kappa shape index (κ2) is 12.4. The van der Waals surface area contributed by atoms with Gasteiger partial charge in [0.05, 0.1) is 12.3 Å². The number of halogens is 1. The third kappa shape index (κ3) is 7.58. The van der Waals surface area contributed by atoms with Gasteiger partial charge in [-0.25, -0.2) is 4.39 Å². The molecule has 33 heavy (non-hydrogen) atoms. The van der Waals surface area contributed by atoms with Crippen LogP contribution in [0.15, 0.2) is 83.6 Å². The molecule has 1 aromatic heterocycles. The average Bonchev–Trinajstić information content (AvgIpc) is 3.23. The van der Waals surface area contributed by atoms with Crippen molar-refractivity contribution < 1.29 is 14.0 Å². The minimum atomic E-state index is -0.315. The molecule has 2 aromatic carbocycles. The van der Waals surface area contributed by atoms with Crippen LogP contribution in [0, 0.1) is 12.7 Å². The summed E-state index contributed by atoms with van der Waals surface area (Å²) in [5.41, 5.74) is 1.95. The van der Waals surface area contributed by atoms with Crippen molar-refractivity contribution in [1.29, 1.82) is 0 Å². The number of benzene rings is 2. The molecule has 3 aromatic rings. The zero-order valence-corrected chi connectivity index (χ0v) is 20.2. The first-order valence-corrected chi connectivity index (χ1v) is 12.4. The van der Waals surface area contributed by atoms with E-state index in [9.17, 15) is 14.0 Å². The Morgan fingerprint density at radius 3 is 2.36 bits per heavy atom. The minimum absolute atomic E-state index is 0.0359. The Morgan fingerprint density at radius 1 is 1.00 bits per heavy atom. The van der Waals surface area contributed by atoms with Crippen LogP contribution in [-0.2, 0) is 22.7 Å². The van der Waals surface area contributed by atoms with E-state index in [0.717, 1.165) is 20.9 Å². The molecule has 0 spiro atoms. The molecule has 0 N–H and O–H groups in total. The van der Waals surface area contributed by atoms with Crippen molar-refractivity contribution in [3.63, 3.8) is 0 Å². The molecular weight excluding hydrogens is 455 g/mol. The number of rotatable bonds is 11. The molecule has 0 fully saturated rings. The van der Waals surface area contributed by atoms with Gasteiger partial charge < -0.3 is 9.80 Å². The SMILES string of the molecule is C=CCN(CC(=O)N(Cc1ccc(F)cc1)Cc1sccc1C)C(=O)CSc1ccccc1. The number of thioether (sulfide) groups is 1. The molecule has 0 aliphatic carbocycles. The molecule has 2 amide bonds. The normalized spacial score (nSPS) is 10.6. The fraction of sp³-hybridized carbons (Fsp3) is 0.231. The van der Waals surface area contributed by atoms with E-state index in [1.165, 1.54) is 28.8 Å². The molecule has 0 saturated heterocycles. The maximum Gasteiger partial charge on any atom is 0.242 e. The average molecular weight is 483 g/mol. The number of carbonyl (C=O) groups is 2. The van der Waals surface area contributed by atoms with E-state index in [-0.39, 0.29) is 29.9 Å². The molecule has 0 radical (unpaired) electrons. The lowest BCUT2D eigenvalue weighted by atomic mass is 10.2. The third-order valence-electron chi connectivity index (χ3n) is 5.08. The molecule has 172 valence electrons. The molecule has 3 rings (SSSR count). The van der Waals surface area contributed by atoms with Gasteiger partial charge in [0.2, 0.25) is 11.8 Å². The van der Waals surface area contributed by atoms with Crippen molar-refractivity contribution in [2.45, 2.75) is 24.9 Å². The molecule has 0 aliphatic rings. The van der Waals surface area contributed by atoms with Crippen molar-refractivity contribution in [2.24, 2.45) is 0 Å². The summed E-state index contributed by atoms with van der Waals surface area (Å²) in [7, 11) is 0. The maximum atomic E-state index is 13.3. The van der Waals surface area contributed by atoms with Gasteiger partial charge >= 0.3 is 0 Å². The Bertz CT molecular complexity index is 1070. The second-order valence-electron chi connectivity index (χ2n) is 7.57. The summed E-state index contributed by atoms with van der Waals surface area (Å²) in [5, 5.41) is 2.00. The Hall–Kier alpha value is -2.90. The van der Waals surface area contributed by atoms with Crippen LogP contribution in [-0.4, -0.2) is 40.5 Å². The van der Waals surface area contributed by atoms with Gasteiger partial charge in [-0.1, -0.05) is 36.4 Å². The minimum Gasteiger partial charge on any atom is -0.332 e. The zero-order chi connectivity index (χ0) is 23.6. The summed E-state index contributed by atoms with van der Waals surface area (Å²) in [4.78, 5) is 31.6. The lowest BCUT2D eigenvalue weighted by Gasteiger charge is -2.27. The van der Waals surface area contributed by atoms with E-state index >= 15 is 0 Å². The molecule has 7 heteroatoms. The zero-order valence-electron chi connectivity index (χ0n) is 18.6. The van der Waals surface area contributed by atoms with E-state index < -0.39 is 0 Å². The predicted octanol–water partition coefficient (Wildman–Crippen LogP) is 5.53. The van der Waals surface area contributed by atoms with Crippen LogP contribution in [0.4, 0.5) is 4.39 Å². The smallest absolute Gasteiger partial charge is 0.242 e. The highest BCUT2D eigenvalue weighted by molar-refractivity contribution is 8.00. The topological polar surface area (TPSA) is 40.6 Å². The molecule has 0 aliphatic heterocycles. The van der Waals surface area contributed by atoms with E-state index in [4.69, 9.17) is 0 Å². The predicted molar refractivity (Wildman–Crippen MR) is 134 cm³/mol. The van der Waals surface area contributed by atoms with Gasteiger partial charge in [0, 0.05) is 22.9 Å². The van der Waals surface area contributed by atoms with Crippen LogP contribution in [0.2, 0.25) is 0 Å². The van der Waals surface area contributed by atoms with Crippen molar-refractivity contribution in [3.05, 3.63) is 101 Å². The highest BCUT2D eigenvalue weighted by Crippen LogP contribution is 2.21. The molecule has 1 heterocycles. The van der Waals surface area contributed by atoms with Crippen LogP contribution >= 0.6 is 23.1 Å². The van der Waals surface area contributed by atoms with E-state index in [1.54, 1.807) is 34.4 Å². The van der Waals surface area contributed by atoms with Gasteiger partial charge in [0.15, 0.2) is 0 Å². The highest BCUT2D eigenvalue weighted by atomic mass is 32.2. The van der Waals surface area contributed by atoms with Crippen LogP contribution < -0.4 is 0 Å². The molecular formula is C26H27FN2O2S2. The van der Waals surface area contributed by atoms with E-state index in [1.807, 2.05) is 48.7 Å². The van der Waals surface area contributed by atoms with Crippen LogP contribution in [0.5, 0.6) is 0 Å². The van der Waals surface area contributed by atoms with Crippen LogP contribution in [0.1, 0.15) is 16.0 Å². The number of amides is 2. The van der Waals surface area contributed by atoms with Crippen molar-refractivity contribution in [2.75, 3.05) is 18.8 Å². The fourth-order valence-corrected chi connectivity index (χ4v) is 4.95. The largest absolute Gasteiger partial charge is 0.332 e. The number of nitrogens with zero attached hydrogens (tertiary/aromatic N) is 2. The van der Waals surface area contributed by atoms with E-state index in [0.29, 0.717) is 19.6 Å². The van der Waals surface area contributed by atoms with Gasteiger partial charge in [-0.3, -0.25) is 9.59 Å². The second-order valence-corrected chi connectivity index (χ2v) is 9.62. The number of hydrogen-bond donors (Lipinski definition) is 0. The lowest BCUT2D eigenvalue weighted by Crippen LogP contribution is -2.43. The highest BCUT2D eigenvalue weighted by Gasteiger charge is 2.22. The number of hydrogen-bond acceptors (Lipinski definition) is 4. The Labute approximate surface area is 202 Å². The summed E-state index contributed by atoms with van der Waals surface area (Å²) in [6.45, 7) is 6.79. The lowest BCUT2D eigenvalue weighted by molar-refractivity contribution is -0.139.